The van der Waals surface area contributed by atoms with Gasteiger partial charge in [-0.05, 0) is 94.0 Å². The predicted molar refractivity (Wildman–Crippen MR) is 270 cm³/mol. The number of hydrogen-bond donors (Lipinski definition) is 0. The number of hydrogen-bond acceptors (Lipinski definition) is 4. The van der Waals surface area contributed by atoms with Gasteiger partial charge in [0.25, 0.3) is 0 Å². The van der Waals surface area contributed by atoms with Crippen LogP contribution in [0.1, 0.15) is 25.0 Å². The number of fused-ring (bicyclic) bond motifs is 12. The van der Waals surface area contributed by atoms with Crippen molar-refractivity contribution in [1.29, 1.82) is 0 Å². The van der Waals surface area contributed by atoms with Gasteiger partial charge < -0.3 is 8.98 Å². The molecule has 4 aromatic heterocycles. The highest BCUT2D eigenvalue weighted by Gasteiger charge is 2.36. The second-order valence-corrected chi connectivity index (χ2v) is 18.0. The first-order valence-electron chi connectivity index (χ1n) is 22.5. The Morgan fingerprint density at radius 1 is 0.364 bits per heavy atom. The fourth-order valence-corrected chi connectivity index (χ4v) is 10.8. The zero-order valence-electron chi connectivity index (χ0n) is 36.2. The summed E-state index contributed by atoms with van der Waals surface area (Å²) in [6, 6.07) is 71.3. The molecule has 0 saturated carbocycles. The molecule has 0 unspecified atom stereocenters. The third-order valence-electron chi connectivity index (χ3n) is 14.0. The van der Waals surface area contributed by atoms with Crippen molar-refractivity contribution in [3.8, 4) is 56.7 Å². The molecular weight excluding hydrogens is 807 g/mol. The normalized spacial score (nSPS) is 13.1. The molecule has 0 fully saturated rings. The van der Waals surface area contributed by atoms with Crippen LogP contribution < -0.4 is 0 Å². The highest BCUT2D eigenvalue weighted by Crippen LogP contribution is 2.51. The molecule has 6 heteroatoms. The molecule has 9 aromatic carbocycles. The molecule has 0 amide bonds. The molecule has 0 saturated heterocycles. The average molecular weight is 846 g/mol. The Kier molecular flexibility index (Phi) is 7.64. The molecule has 13 aromatic rings. The van der Waals surface area contributed by atoms with E-state index < -0.39 is 0 Å². The van der Waals surface area contributed by atoms with Crippen LogP contribution in [0.2, 0.25) is 0 Å². The quantitative estimate of drug-likeness (QED) is 0.173. The van der Waals surface area contributed by atoms with Crippen molar-refractivity contribution >= 4 is 65.6 Å². The first kappa shape index (κ1) is 36.8. The smallest absolute Gasteiger partial charge is 0.238 e. The Hall–Kier alpha value is -8.61. The lowest BCUT2D eigenvalue weighted by Gasteiger charge is -2.21. The Balaban J connectivity index is 1.03. The maximum Gasteiger partial charge on any atom is 0.238 e. The zero-order valence-corrected chi connectivity index (χ0v) is 36.2. The molecule has 6 nitrogen and oxygen atoms in total. The lowest BCUT2D eigenvalue weighted by atomic mass is 9.82. The van der Waals surface area contributed by atoms with Gasteiger partial charge in [-0.3, -0.25) is 4.57 Å². The van der Waals surface area contributed by atoms with Crippen molar-refractivity contribution in [2.45, 2.75) is 19.3 Å². The Morgan fingerprint density at radius 3 is 1.62 bits per heavy atom. The summed E-state index contributed by atoms with van der Waals surface area (Å²) in [5, 5.41) is 6.89. The Labute approximate surface area is 379 Å². The summed E-state index contributed by atoms with van der Waals surface area (Å²) in [5.41, 5.74) is 16.4. The van der Waals surface area contributed by atoms with Crippen molar-refractivity contribution in [1.82, 2.24) is 24.1 Å². The molecule has 0 N–H and O–H groups in total. The summed E-state index contributed by atoms with van der Waals surface area (Å²) in [6.07, 6.45) is 0. The van der Waals surface area contributed by atoms with E-state index in [1.165, 1.54) is 33.0 Å². The summed E-state index contributed by atoms with van der Waals surface area (Å²) in [4.78, 5) is 15.6. The highest BCUT2D eigenvalue weighted by molar-refractivity contribution is 6.18. The number of para-hydroxylation sites is 2. The van der Waals surface area contributed by atoms with Gasteiger partial charge in [-0.1, -0.05) is 147 Å². The van der Waals surface area contributed by atoms with Gasteiger partial charge in [-0.15, -0.1) is 0 Å². The standard InChI is InChI=1S/C60H39N5O/c1-60(2)49-24-14-12-22-41(49)43-32-46-45-31-39(27-29-52(45)65(53(46)34-50(43)60)59-62-57(36-16-6-3-7-17-36)61-58(63-59)37-18-8-4-9-19-37)38-26-28-51-44(30-38)47-33-48-42-23-13-15-25-55(42)66-56(48)35-54(47)64(51)40-20-10-5-11-21-40/h3-35H,1-2H3. The minimum absolute atomic E-state index is 0.196. The molecule has 0 aliphatic heterocycles. The van der Waals surface area contributed by atoms with E-state index in [0.29, 0.717) is 17.6 Å². The lowest BCUT2D eigenvalue weighted by Crippen LogP contribution is -2.15. The second-order valence-electron chi connectivity index (χ2n) is 18.0. The first-order chi connectivity index (χ1) is 32.5. The van der Waals surface area contributed by atoms with Crippen LogP contribution in [0.5, 0.6) is 0 Å². The van der Waals surface area contributed by atoms with E-state index in [9.17, 15) is 0 Å². The molecule has 310 valence electrons. The van der Waals surface area contributed by atoms with Crippen molar-refractivity contribution in [2.75, 3.05) is 0 Å². The fraction of sp³-hybridized carbons (Fsp3) is 0.0500. The van der Waals surface area contributed by atoms with Crippen LogP contribution >= 0.6 is 0 Å². The number of rotatable bonds is 5. The van der Waals surface area contributed by atoms with Gasteiger partial charge in [0.05, 0.1) is 22.1 Å². The SMILES string of the molecule is CC1(C)c2ccccc2-c2cc3c4cc(-c5ccc6c(c5)c5cc7c(cc5n6-c5ccccc5)oc5ccccc57)ccc4n(-c4nc(-c5ccccc5)nc(-c5ccccc5)n4)c3cc21. The van der Waals surface area contributed by atoms with Crippen LogP contribution in [0.3, 0.4) is 0 Å². The number of benzene rings is 9. The fourth-order valence-electron chi connectivity index (χ4n) is 10.8. The van der Waals surface area contributed by atoms with Crippen LogP contribution in [0.4, 0.5) is 0 Å². The molecule has 1 aliphatic carbocycles. The minimum atomic E-state index is -0.196. The molecular formula is C60H39N5O. The van der Waals surface area contributed by atoms with Crippen molar-refractivity contribution in [3.05, 3.63) is 211 Å². The maximum absolute atomic E-state index is 6.44. The van der Waals surface area contributed by atoms with E-state index in [4.69, 9.17) is 19.4 Å². The van der Waals surface area contributed by atoms with E-state index in [-0.39, 0.29) is 5.41 Å². The van der Waals surface area contributed by atoms with E-state index in [1.807, 2.05) is 48.5 Å². The summed E-state index contributed by atoms with van der Waals surface area (Å²) in [7, 11) is 0. The van der Waals surface area contributed by atoms with Crippen LogP contribution in [-0.2, 0) is 5.41 Å². The van der Waals surface area contributed by atoms with Gasteiger partial charge in [-0.2, -0.15) is 9.97 Å². The van der Waals surface area contributed by atoms with Gasteiger partial charge >= 0.3 is 0 Å². The lowest BCUT2D eigenvalue weighted by molar-refractivity contribution is 0.661. The Bertz CT molecular complexity index is 4070. The average Bonchev–Trinajstić information content (AvgIpc) is 4.07. The maximum atomic E-state index is 6.44. The highest BCUT2D eigenvalue weighted by atomic mass is 16.3. The predicted octanol–water partition coefficient (Wildman–Crippen LogP) is 15.3. The summed E-state index contributed by atoms with van der Waals surface area (Å²) in [6.45, 7) is 4.67. The van der Waals surface area contributed by atoms with Crippen molar-refractivity contribution in [3.63, 3.8) is 0 Å². The topological polar surface area (TPSA) is 61.7 Å². The molecule has 0 radical (unpaired) electrons. The van der Waals surface area contributed by atoms with Crippen LogP contribution in [-0.4, -0.2) is 24.1 Å². The molecule has 66 heavy (non-hydrogen) atoms. The Morgan fingerprint density at radius 2 is 0.924 bits per heavy atom. The molecule has 4 heterocycles. The van der Waals surface area contributed by atoms with Gasteiger partial charge in [0.15, 0.2) is 11.6 Å². The summed E-state index contributed by atoms with van der Waals surface area (Å²) in [5.74, 6) is 1.84. The van der Waals surface area contributed by atoms with Crippen molar-refractivity contribution in [2.24, 2.45) is 0 Å². The third-order valence-corrected chi connectivity index (χ3v) is 14.0. The van der Waals surface area contributed by atoms with E-state index >= 15 is 0 Å². The van der Waals surface area contributed by atoms with Gasteiger partial charge in [0.1, 0.15) is 11.2 Å². The minimum Gasteiger partial charge on any atom is -0.456 e. The van der Waals surface area contributed by atoms with E-state index in [1.54, 1.807) is 0 Å². The van der Waals surface area contributed by atoms with Gasteiger partial charge in [0.2, 0.25) is 5.95 Å². The molecule has 0 bridgehead atoms. The number of aromatic nitrogens is 5. The number of furan rings is 1. The summed E-state index contributed by atoms with van der Waals surface area (Å²) >= 11 is 0. The molecule has 14 rings (SSSR count). The van der Waals surface area contributed by atoms with Crippen LogP contribution in [0.15, 0.2) is 205 Å². The summed E-state index contributed by atoms with van der Waals surface area (Å²) < 4.78 is 11.1. The molecule has 0 atom stereocenters. The largest absolute Gasteiger partial charge is 0.456 e. The third kappa shape index (κ3) is 5.33. The first-order valence-corrected chi connectivity index (χ1v) is 22.5. The van der Waals surface area contributed by atoms with Gasteiger partial charge in [-0.25, -0.2) is 4.98 Å². The van der Waals surface area contributed by atoms with Gasteiger partial charge in [0, 0.05) is 60.6 Å². The zero-order chi connectivity index (χ0) is 43.7. The van der Waals surface area contributed by atoms with Crippen LogP contribution in [0.25, 0.3) is 122 Å². The number of nitrogens with zero attached hydrogens (tertiary/aromatic N) is 5. The molecule has 0 spiro atoms. The van der Waals surface area contributed by atoms with Crippen molar-refractivity contribution < 1.29 is 4.42 Å². The second kappa shape index (κ2) is 13.7. The van der Waals surface area contributed by atoms with E-state index in [0.717, 1.165) is 82.7 Å². The van der Waals surface area contributed by atoms with E-state index in [2.05, 4.69) is 175 Å². The monoisotopic (exact) mass is 845 g/mol. The van der Waals surface area contributed by atoms with Crippen LogP contribution in [0, 0.1) is 0 Å². The molecule has 1 aliphatic rings.